The van der Waals surface area contributed by atoms with E-state index in [1.54, 1.807) is 0 Å². The van der Waals surface area contributed by atoms with Crippen molar-refractivity contribution in [2.75, 3.05) is 0 Å². The first-order valence-corrected chi connectivity index (χ1v) is 9.02. The van der Waals surface area contributed by atoms with E-state index in [0.29, 0.717) is 23.4 Å². The smallest absolute Gasteiger partial charge is 0.326 e. The minimum atomic E-state index is -0.512. The molecule has 1 heterocycles. The maximum atomic E-state index is 12.8. The first kappa shape index (κ1) is 18.9. The van der Waals surface area contributed by atoms with Gasteiger partial charge in [-0.1, -0.05) is 79.2 Å². The quantitative estimate of drug-likeness (QED) is 0.607. The van der Waals surface area contributed by atoms with E-state index in [9.17, 15) is 9.59 Å². The topological polar surface area (TPSA) is 61.2 Å². The number of halogens is 1. The van der Waals surface area contributed by atoms with Gasteiger partial charge in [-0.15, -0.1) is 0 Å². The number of nitrogens with zero attached hydrogens (tertiary/aromatic N) is 2. The highest BCUT2D eigenvalue weighted by Crippen LogP contribution is 2.25. The molecule has 0 amide bonds. The third-order valence-electron chi connectivity index (χ3n) is 4.10. The van der Waals surface area contributed by atoms with Crippen LogP contribution in [-0.2, 0) is 29.1 Å². The third kappa shape index (κ3) is 4.44. The van der Waals surface area contributed by atoms with Gasteiger partial charge in [0.15, 0.2) is 5.15 Å². The van der Waals surface area contributed by atoms with Gasteiger partial charge in [-0.25, -0.2) is 4.98 Å². The predicted molar refractivity (Wildman–Crippen MR) is 105 cm³/mol. The van der Waals surface area contributed by atoms with E-state index >= 15 is 0 Å². The van der Waals surface area contributed by atoms with Gasteiger partial charge in [0.05, 0.1) is 5.69 Å². The van der Waals surface area contributed by atoms with Crippen LogP contribution in [0.4, 0.5) is 0 Å². The van der Waals surface area contributed by atoms with Gasteiger partial charge in [0.1, 0.15) is 18.8 Å². The van der Waals surface area contributed by atoms with Crippen LogP contribution in [0.2, 0.25) is 5.15 Å². The Hall–Kier alpha value is -2.92. The van der Waals surface area contributed by atoms with Crippen molar-refractivity contribution in [2.24, 2.45) is 0 Å². The number of esters is 1. The highest BCUT2D eigenvalue weighted by Gasteiger charge is 2.19. The van der Waals surface area contributed by atoms with Gasteiger partial charge >= 0.3 is 5.97 Å². The van der Waals surface area contributed by atoms with E-state index in [0.717, 1.165) is 5.56 Å². The summed E-state index contributed by atoms with van der Waals surface area (Å²) in [6.45, 7) is 1.74. The molecular weight excluding hydrogens is 364 g/mol. The molecule has 0 aliphatic heterocycles. The molecule has 0 spiro atoms. The Morgan fingerprint density at radius 1 is 1.07 bits per heavy atom. The molecule has 0 aliphatic rings. The van der Waals surface area contributed by atoms with Crippen molar-refractivity contribution < 1.29 is 9.53 Å². The zero-order chi connectivity index (χ0) is 19.2. The Bertz CT molecular complexity index is 986. The molecule has 0 saturated carbocycles. The summed E-state index contributed by atoms with van der Waals surface area (Å²) in [5, 5.41) is 0.188. The summed E-state index contributed by atoms with van der Waals surface area (Å²) in [4.78, 5) is 29.4. The normalized spacial score (nSPS) is 10.6. The fourth-order valence-corrected chi connectivity index (χ4v) is 3.07. The van der Waals surface area contributed by atoms with Crippen LogP contribution in [-0.4, -0.2) is 15.5 Å². The molecule has 3 rings (SSSR count). The number of hydrogen-bond donors (Lipinski definition) is 0. The number of carbonyl (C=O) groups is 1. The second kappa shape index (κ2) is 8.64. The van der Waals surface area contributed by atoms with Crippen LogP contribution >= 0.6 is 11.6 Å². The van der Waals surface area contributed by atoms with Gasteiger partial charge in [0.2, 0.25) is 0 Å². The highest BCUT2D eigenvalue weighted by atomic mass is 35.5. The number of carbonyl (C=O) groups excluding carboxylic acids is 1. The largest absolute Gasteiger partial charge is 0.459 e. The van der Waals surface area contributed by atoms with Gasteiger partial charge in [0, 0.05) is 5.56 Å². The van der Waals surface area contributed by atoms with Gasteiger partial charge in [-0.2, -0.15) is 0 Å². The zero-order valence-electron chi connectivity index (χ0n) is 14.9. The Balaban J connectivity index is 1.92. The minimum absolute atomic E-state index is 0.147. The molecule has 0 unspecified atom stereocenters. The van der Waals surface area contributed by atoms with Crippen molar-refractivity contribution in [3.8, 4) is 11.3 Å². The first-order chi connectivity index (χ1) is 13.1. The van der Waals surface area contributed by atoms with Crippen molar-refractivity contribution in [1.29, 1.82) is 0 Å². The van der Waals surface area contributed by atoms with Gasteiger partial charge in [-0.3, -0.25) is 14.2 Å². The molecule has 2 aromatic carbocycles. The van der Waals surface area contributed by atoms with Crippen LogP contribution in [0.3, 0.4) is 0 Å². The summed E-state index contributed by atoms with van der Waals surface area (Å²) in [6, 6.07) is 18.5. The van der Waals surface area contributed by atoms with E-state index < -0.39 is 5.97 Å². The molecule has 6 heteroatoms. The number of ether oxygens (including phenoxy) is 1. The average Bonchev–Trinajstić information content (AvgIpc) is 2.70. The van der Waals surface area contributed by atoms with E-state index in [1.807, 2.05) is 67.6 Å². The van der Waals surface area contributed by atoms with Crippen LogP contribution in [0.25, 0.3) is 11.3 Å². The lowest BCUT2D eigenvalue weighted by Gasteiger charge is -2.15. The maximum absolute atomic E-state index is 12.8. The van der Waals surface area contributed by atoms with Gasteiger partial charge in [0.25, 0.3) is 5.56 Å². The summed E-state index contributed by atoms with van der Waals surface area (Å²) in [7, 11) is 0. The van der Waals surface area contributed by atoms with Crippen LogP contribution in [0.1, 0.15) is 18.2 Å². The SMILES string of the molecule is CCc1nc(Cl)c(-c2ccccc2)n(CC(=O)OCc2ccccc2)c1=O. The van der Waals surface area contributed by atoms with Crippen molar-refractivity contribution in [3.05, 3.63) is 87.4 Å². The molecule has 0 aliphatic carbocycles. The van der Waals surface area contributed by atoms with Crippen LogP contribution < -0.4 is 5.56 Å². The standard InChI is InChI=1S/C21H19ClN2O3/c1-2-17-21(26)24(13-18(25)27-14-15-9-5-3-6-10-15)19(20(22)23-17)16-11-7-4-8-12-16/h3-12H,2,13-14H2,1H3. The molecule has 3 aromatic rings. The molecular formula is C21H19ClN2O3. The van der Waals surface area contributed by atoms with Crippen LogP contribution in [0.15, 0.2) is 65.5 Å². The predicted octanol–water partition coefficient (Wildman–Crippen LogP) is 3.87. The Kier molecular flexibility index (Phi) is 6.04. The number of aryl methyl sites for hydroxylation is 1. The lowest BCUT2D eigenvalue weighted by molar-refractivity contribution is -0.145. The van der Waals surface area contributed by atoms with E-state index in [4.69, 9.17) is 16.3 Å². The van der Waals surface area contributed by atoms with Crippen LogP contribution in [0, 0.1) is 0 Å². The third-order valence-corrected chi connectivity index (χ3v) is 4.37. The fraction of sp³-hybridized carbons (Fsp3) is 0.190. The van der Waals surface area contributed by atoms with Crippen molar-refractivity contribution in [2.45, 2.75) is 26.5 Å². The monoisotopic (exact) mass is 382 g/mol. The Morgan fingerprint density at radius 2 is 1.70 bits per heavy atom. The molecule has 1 aromatic heterocycles. The molecule has 27 heavy (non-hydrogen) atoms. The molecule has 0 bridgehead atoms. The number of benzene rings is 2. The summed E-state index contributed by atoms with van der Waals surface area (Å²) in [5.74, 6) is -0.512. The Morgan fingerprint density at radius 3 is 2.33 bits per heavy atom. The summed E-state index contributed by atoms with van der Waals surface area (Å²) in [5.41, 5.74) is 1.98. The zero-order valence-corrected chi connectivity index (χ0v) is 15.6. The molecule has 0 atom stereocenters. The number of hydrogen-bond acceptors (Lipinski definition) is 4. The molecule has 0 radical (unpaired) electrons. The van der Waals surface area contributed by atoms with Gasteiger partial charge < -0.3 is 4.74 Å². The fourth-order valence-electron chi connectivity index (χ4n) is 2.75. The Labute approximate surface area is 162 Å². The average molecular weight is 383 g/mol. The maximum Gasteiger partial charge on any atom is 0.326 e. The summed E-state index contributed by atoms with van der Waals surface area (Å²) < 4.78 is 6.67. The second-order valence-electron chi connectivity index (χ2n) is 5.96. The highest BCUT2D eigenvalue weighted by molar-refractivity contribution is 6.31. The van der Waals surface area contributed by atoms with Gasteiger partial charge in [-0.05, 0) is 12.0 Å². The molecule has 0 saturated heterocycles. The van der Waals surface area contributed by atoms with Crippen molar-refractivity contribution in [1.82, 2.24) is 9.55 Å². The summed E-state index contributed by atoms with van der Waals surface area (Å²) in [6.07, 6.45) is 0.423. The second-order valence-corrected chi connectivity index (χ2v) is 6.31. The lowest BCUT2D eigenvalue weighted by Crippen LogP contribution is -2.30. The molecule has 138 valence electrons. The first-order valence-electron chi connectivity index (χ1n) is 8.64. The van der Waals surface area contributed by atoms with Crippen LogP contribution in [0.5, 0.6) is 0 Å². The minimum Gasteiger partial charge on any atom is -0.459 e. The van der Waals surface area contributed by atoms with Crippen molar-refractivity contribution >= 4 is 17.6 Å². The number of aromatic nitrogens is 2. The molecule has 0 fully saturated rings. The number of rotatable bonds is 6. The van der Waals surface area contributed by atoms with Crippen molar-refractivity contribution in [3.63, 3.8) is 0 Å². The van der Waals surface area contributed by atoms with E-state index in [-0.39, 0.29) is 23.9 Å². The molecule has 5 nitrogen and oxygen atoms in total. The summed E-state index contributed by atoms with van der Waals surface area (Å²) >= 11 is 6.35. The molecule has 0 N–H and O–H groups in total. The lowest BCUT2D eigenvalue weighted by atomic mass is 10.1. The van der Waals surface area contributed by atoms with E-state index in [1.165, 1.54) is 4.57 Å². The van der Waals surface area contributed by atoms with E-state index in [2.05, 4.69) is 4.98 Å².